The van der Waals surface area contributed by atoms with Crippen LogP contribution < -0.4 is 0 Å². The second kappa shape index (κ2) is 4.38. The largest absolute Gasteiger partial charge is 0.278 e. The molecular formula is C14H15ClN4. The lowest BCUT2D eigenvalue weighted by Gasteiger charge is -2.03. The Bertz CT molecular complexity index is 735. The number of halogens is 1. The van der Waals surface area contributed by atoms with E-state index >= 15 is 0 Å². The van der Waals surface area contributed by atoms with Gasteiger partial charge in [0.2, 0.25) is 0 Å². The van der Waals surface area contributed by atoms with Crippen molar-refractivity contribution in [2.24, 2.45) is 7.05 Å². The summed E-state index contributed by atoms with van der Waals surface area (Å²) in [6, 6.07) is 8.25. The van der Waals surface area contributed by atoms with Crippen LogP contribution in [0.3, 0.4) is 0 Å². The zero-order chi connectivity index (χ0) is 13.6. The Morgan fingerprint density at radius 2 is 2.00 bits per heavy atom. The molecule has 98 valence electrons. The Balaban J connectivity index is 2.32. The third-order valence-electron chi connectivity index (χ3n) is 3.33. The van der Waals surface area contributed by atoms with E-state index < -0.39 is 0 Å². The van der Waals surface area contributed by atoms with Crippen LogP contribution in [-0.2, 0) is 12.9 Å². The summed E-state index contributed by atoms with van der Waals surface area (Å²) < 4.78 is 3.88. The van der Waals surface area contributed by atoms with Gasteiger partial charge in [0, 0.05) is 18.8 Å². The second-order valence-corrected chi connectivity index (χ2v) is 5.02. The Morgan fingerprint density at radius 1 is 1.21 bits per heavy atom. The lowest BCUT2D eigenvalue weighted by atomic mass is 10.2. The summed E-state index contributed by atoms with van der Waals surface area (Å²) in [5.74, 6) is 2.05. The molecule has 5 heteroatoms. The highest BCUT2D eigenvalue weighted by atomic mass is 35.5. The van der Waals surface area contributed by atoms with Crippen molar-refractivity contribution in [2.45, 2.75) is 19.7 Å². The highest BCUT2D eigenvalue weighted by Gasteiger charge is 2.14. The molecule has 0 fully saturated rings. The van der Waals surface area contributed by atoms with E-state index in [4.69, 9.17) is 11.6 Å². The van der Waals surface area contributed by atoms with Crippen molar-refractivity contribution in [1.29, 1.82) is 0 Å². The van der Waals surface area contributed by atoms with Crippen LogP contribution in [0.25, 0.3) is 16.9 Å². The first-order valence-electron chi connectivity index (χ1n) is 6.15. The monoisotopic (exact) mass is 274 g/mol. The van der Waals surface area contributed by atoms with Gasteiger partial charge in [-0.05, 0) is 31.5 Å². The number of hydrogen-bond acceptors (Lipinski definition) is 2. The number of benzene rings is 1. The van der Waals surface area contributed by atoms with Crippen molar-refractivity contribution in [3.63, 3.8) is 0 Å². The molecule has 0 aliphatic carbocycles. The number of aryl methyl sites for hydroxylation is 3. The predicted octanol–water partition coefficient (Wildman–Crippen LogP) is 3.11. The second-order valence-electron chi connectivity index (χ2n) is 4.76. The molecule has 0 N–H and O–H groups in total. The molecule has 0 atom stereocenters. The van der Waals surface area contributed by atoms with E-state index in [1.54, 1.807) is 0 Å². The fourth-order valence-electron chi connectivity index (χ4n) is 2.24. The molecule has 2 aromatic heterocycles. The normalized spacial score (nSPS) is 11.4. The van der Waals surface area contributed by atoms with Gasteiger partial charge in [0.05, 0.1) is 16.9 Å². The SMILES string of the molecule is Cc1ccc2c(c1)nc(CCl)n2-c1cc(C)n(C)n1. The number of hydrogen-bond donors (Lipinski definition) is 0. The van der Waals surface area contributed by atoms with E-state index in [1.807, 2.05) is 29.3 Å². The van der Waals surface area contributed by atoms with Gasteiger partial charge in [-0.15, -0.1) is 11.6 Å². The molecule has 0 saturated heterocycles. The molecule has 0 radical (unpaired) electrons. The molecule has 0 amide bonds. The quantitative estimate of drug-likeness (QED) is 0.673. The molecular weight excluding hydrogens is 260 g/mol. The number of nitrogens with zero attached hydrogens (tertiary/aromatic N) is 4. The van der Waals surface area contributed by atoms with Crippen molar-refractivity contribution in [3.05, 3.63) is 41.3 Å². The van der Waals surface area contributed by atoms with Crippen LogP contribution in [0.5, 0.6) is 0 Å². The zero-order valence-electron chi connectivity index (χ0n) is 11.2. The first-order chi connectivity index (χ1) is 9.10. The van der Waals surface area contributed by atoms with Crippen LogP contribution in [0.1, 0.15) is 17.1 Å². The lowest BCUT2D eigenvalue weighted by Crippen LogP contribution is -2.01. The van der Waals surface area contributed by atoms with Gasteiger partial charge in [0.25, 0.3) is 0 Å². The van der Waals surface area contributed by atoms with Gasteiger partial charge < -0.3 is 0 Å². The molecule has 3 aromatic rings. The van der Waals surface area contributed by atoms with E-state index in [-0.39, 0.29) is 0 Å². The first-order valence-corrected chi connectivity index (χ1v) is 6.68. The van der Waals surface area contributed by atoms with E-state index in [9.17, 15) is 0 Å². The Kier molecular flexibility index (Phi) is 2.82. The van der Waals surface area contributed by atoms with Gasteiger partial charge in [-0.3, -0.25) is 9.25 Å². The standard InChI is InChI=1S/C14H15ClN4/c1-9-4-5-12-11(6-9)16-14(8-15)19(12)13-7-10(2)18(3)17-13/h4-7H,8H2,1-3H3. The average molecular weight is 275 g/mol. The molecule has 0 spiro atoms. The minimum atomic E-state index is 0.364. The summed E-state index contributed by atoms with van der Waals surface area (Å²) in [7, 11) is 1.93. The molecule has 2 heterocycles. The molecule has 0 saturated carbocycles. The Morgan fingerprint density at radius 3 is 2.63 bits per heavy atom. The number of aromatic nitrogens is 4. The first kappa shape index (κ1) is 12.2. The molecule has 1 aromatic carbocycles. The smallest absolute Gasteiger partial charge is 0.160 e. The van der Waals surface area contributed by atoms with Crippen molar-refractivity contribution >= 4 is 22.6 Å². The number of imidazole rings is 1. The van der Waals surface area contributed by atoms with Gasteiger partial charge in [0.1, 0.15) is 5.82 Å². The molecule has 4 nitrogen and oxygen atoms in total. The maximum absolute atomic E-state index is 6.02. The van der Waals surface area contributed by atoms with Crippen molar-refractivity contribution in [2.75, 3.05) is 0 Å². The predicted molar refractivity (Wildman–Crippen MR) is 76.9 cm³/mol. The Labute approximate surface area is 116 Å². The molecule has 0 aliphatic heterocycles. The van der Waals surface area contributed by atoms with Crippen molar-refractivity contribution < 1.29 is 0 Å². The van der Waals surface area contributed by atoms with Gasteiger partial charge in [-0.2, -0.15) is 5.10 Å². The molecule has 3 rings (SSSR count). The van der Waals surface area contributed by atoms with Crippen LogP contribution in [0.4, 0.5) is 0 Å². The minimum Gasteiger partial charge on any atom is -0.278 e. The number of alkyl halides is 1. The van der Waals surface area contributed by atoms with E-state index in [0.717, 1.165) is 28.4 Å². The van der Waals surface area contributed by atoms with E-state index in [0.29, 0.717) is 5.88 Å². The summed E-state index contributed by atoms with van der Waals surface area (Å²) in [6.45, 7) is 4.09. The maximum Gasteiger partial charge on any atom is 0.160 e. The van der Waals surface area contributed by atoms with Gasteiger partial charge in [0.15, 0.2) is 5.82 Å². The molecule has 19 heavy (non-hydrogen) atoms. The van der Waals surface area contributed by atoms with Gasteiger partial charge >= 0.3 is 0 Å². The highest BCUT2D eigenvalue weighted by Crippen LogP contribution is 2.23. The molecule has 0 bridgehead atoms. The summed E-state index contributed by atoms with van der Waals surface area (Å²) in [5, 5.41) is 4.51. The van der Waals surface area contributed by atoms with Crippen LogP contribution in [0.15, 0.2) is 24.3 Å². The summed E-state index contributed by atoms with van der Waals surface area (Å²) in [5.41, 5.74) is 4.29. The van der Waals surface area contributed by atoms with Crippen molar-refractivity contribution in [1.82, 2.24) is 19.3 Å². The lowest BCUT2D eigenvalue weighted by molar-refractivity contribution is 0.726. The summed E-state index contributed by atoms with van der Waals surface area (Å²) >= 11 is 6.02. The average Bonchev–Trinajstić information content (AvgIpc) is 2.89. The maximum atomic E-state index is 6.02. The highest BCUT2D eigenvalue weighted by molar-refractivity contribution is 6.17. The minimum absolute atomic E-state index is 0.364. The Hall–Kier alpha value is -1.81. The van der Waals surface area contributed by atoms with Crippen LogP contribution in [0.2, 0.25) is 0 Å². The van der Waals surface area contributed by atoms with E-state index in [2.05, 4.69) is 35.2 Å². The summed E-state index contributed by atoms with van der Waals surface area (Å²) in [4.78, 5) is 4.59. The fraction of sp³-hybridized carbons (Fsp3) is 0.286. The van der Waals surface area contributed by atoms with Crippen LogP contribution in [0, 0.1) is 13.8 Å². The van der Waals surface area contributed by atoms with Crippen LogP contribution in [-0.4, -0.2) is 19.3 Å². The van der Waals surface area contributed by atoms with Gasteiger partial charge in [-0.1, -0.05) is 6.07 Å². The third kappa shape index (κ3) is 1.92. The summed E-state index contributed by atoms with van der Waals surface area (Å²) in [6.07, 6.45) is 0. The fourth-order valence-corrected chi connectivity index (χ4v) is 2.42. The zero-order valence-corrected chi connectivity index (χ0v) is 11.9. The van der Waals surface area contributed by atoms with Gasteiger partial charge in [-0.25, -0.2) is 4.98 Å². The molecule has 0 unspecified atom stereocenters. The number of fused-ring (bicyclic) bond motifs is 1. The molecule has 0 aliphatic rings. The third-order valence-corrected chi connectivity index (χ3v) is 3.57. The van der Waals surface area contributed by atoms with Crippen LogP contribution >= 0.6 is 11.6 Å². The number of rotatable bonds is 2. The topological polar surface area (TPSA) is 35.6 Å². The van der Waals surface area contributed by atoms with E-state index in [1.165, 1.54) is 5.56 Å². The van der Waals surface area contributed by atoms with Crippen molar-refractivity contribution in [3.8, 4) is 5.82 Å².